The summed E-state index contributed by atoms with van der Waals surface area (Å²) < 4.78 is 2.67. The van der Waals surface area contributed by atoms with Gasteiger partial charge in [-0.2, -0.15) is 5.10 Å². The number of nitrogens with zero attached hydrogens (tertiary/aromatic N) is 2. The van der Waals surface area contributed by atoms with Crippen molar-refractivity contribution in [3.63, 3.8) is 0 Å². The normalized spacial score (nSPS) is 10.7. The first kappa shape index (κ1) is 14.1. The fourth-order valence-corrected chi connectivity index (χ4v) is 3.39. The zero-order valence-corrected chi connectivity index (χ0v) is 13.0. The van der Waals surface area contributed by atoms with Gasteiger partial charge >= 0.3 is 5.97 Å². The molecule has 0 aromatic carbocycles. The summed E-state index contributed by atoms with van der Waals surface area (Å²) in [5.41, 5.74) is 0.770. The third-order valence-corrected chi connectivity index (χ3v) is 4.41. The summed E-state index contributed by atoms with van der Waals surface area (Å²) >= 11 is 5.10. The summed E-state index contributed by atoms with van der Waals surface area (Å²) in [6, 6.07) is 4.07. The van der Waals surface area contributed by atoms with Gasteiger partial charge in [-0.3, -0.25) is 4.68 Å². The zero-order chi connectivity index (χ0) is 14.0. The molecule has 2 aromatic rings. The van der Waals surface area contributed by atoms with E-state index in [0.29, 0.717) is 18.1 Å². The second-order valence-electron chi connectivity index (χ2n) is 4.12. The van der Waals surface area contributed by atoms with Crippen LogP contribution in [0, 0.1) is 6.92 Å². The van der Waals surface area contributed by atoms with Crippen LogP contribution in [-0.4, -0.2) is 27.4 Å². The van der Waals surface area contributed by atoms with Crippen LogP contribution in [-0.2, 0) is 13.5 Å². The average Bonchev–Trinajstić information content (AvgIpc) is 2.84. The van der Waals surface area contributed by atoms with E-state index in [0.717, 1.165) is 10.2 Å². The second-order valence-corrected chi connectivity index (χ2v) is 6.67. The van der Waals surface area contributed by atoms with Gasteiger partial charge in [0.1, 0.15) is 11.4 Å². The number of hydrogen-bond acceptors (Lipinski definition) is 4. The Labute approximate surface area is 123 Å². The van der Waals surface area contributed by atoms with Crippen LogP contribution in [0.15, 0.2) is 15.9 Å². The van der Waals surface area contributed by atoms with Gasteiger partial charge in [0.2, 0.25) is 0 Å². The molecule has 2 rings (SSSR count). The summed E-state index contributed by atoms with van der Waals surface area (Å²) in [6.07, 6.45) is 0.847. The molecule has 0 fully saturated rings. The minimum absolute atomic E-state index is 0.245. The van der Waals surface area contributed by atoms with E-state index < -0.39 is 5.97 Å². The molecule has 2 N–H and O–H groups in total. The molecule has 7 heteroatoms. The van der Waals surface area contributed by atoms with Crippen LogP contribution < -0.4 is 5.32 Å². The first-order chi connectivity index (χ1) is 8.99. The molecule has 0 radical (unpaired) electrons. The maximum absolute atomic E-state index is 11.2. The largest absolute Gasteiger partial charge is 0.477 e. The lowest BCUT2D eigenvalue weighted by atomic mass is 10.2. The van der Waals surface area contributed by atoms with Crippen LogP contribution in [0.3, 0.4) is 0 Å². The van der Waals surface area contributed by atoms with Gasteiger partial charge in [-0.15, -0.1) is 11.3 Å². The molecule has 2 aromatic heterocycles. The molecule has 0 aliphatic rings. The van der Waals surface area contributed by atoms with Gasteiger partial charge in [-0.05, 0) is 41.4 Å². The molecule has 0 amide bonds. The molecule has 0 atom stereocenters. The predicted octanol–water partition coefficient (Wildman–Crippen LogP) is 2.91. The van der Waals surface area contributed by atoms with E-state index in [1.165, 1.54) is 4.88 Å². The van der Waals surface area contributed by atoms with E-state index in [-0.39, 0.29) is 5.56 Å². The first-order valence-electron chi connectivity index (χ1n) is 5.74. The van der Waals surface area contributed by atoms with Gasteiger partial charge in [0.15, 0.2) is 0 Å². The van der Waals surface area contributed by atoms with Crippen molar-refractivity contribution in [1.82, 2.24) is 9.78 Å². The highest BCUT2D eigenvalue weighted by Gasteiger charge is 2.19. The number of thiophene rings is 1. The smallest absolute Gasteiger partial charge is 0.341 e. The predicted molar refractivity (Wildman–Crippen MR) is 79.1 cm³/mol. The van der Waals surface area contributed by atoms with Gasteiger partial charge in [-0.25, -0.2) is 4.79 Å². The number of aryl methyl sites for hydroxylation is 2. The monoisotopic (exact) mass is 343 g/mol. The summed E-state index contributed by atoms with van der Waals surface area (Å²) in [6.45, 7) is 2.37. The molecule has 0 saturated heterocycles. The van der Waals surface area contributed by atoms with E-state index in [1.807, 2.05) is 6.07 Å². The third-order valence-electron chi connectivity index (χ3n) is 2.73. The molecule has 0 saturated carbocycles. The van der Waals surface area contributed by atoms with Crippen LogP contribution in [0.1, 0.15) is 20.9 Å². The fourth-order valence-electron chi connectivity index (χ4n) is 1.91. The number of anilines is 1. The summed E-state index contributed by atoms with van der Waals surface area (Å²) in [5.74, 6) is -0.396. The number of aromatic carboxylic acids is 1. The highest BCUT2D eigenvalue weighted by molar-refractivity contribution is 9.11. The molecule has 0 aliphatic heterocycles. The van der Waals surface area contributed by atoms with Crippen LogP contribution in [0.5, 0.6) is 0 Å². The van der Waals surface area contributed by atoms with Crippen LogP contribution >= 0.6 is 27.3 Å². The Morgan fingerprint density at radius 1 is 1.58 bits per heavy atom. The van der Waals surface area contributed by atoms with Crippen molar-refractivity contribution in [2.45, 2.75) is 13.3 Å². The standard InChI is InChI=1S/C12H14BrN3O2S/c1-7-10(12(17)18)11(16(2)15-7)14-6-5-8-3-4-9(13)19-8/h3-4,14H,5-6H2,1-2H3,(H,17,18). The van der Waals surface area contributed by atoms with Crippen molar-refractivity contribution >= 4 is 39.1 Å². The van der Waals surface area contributed by atoms with Crippen molar-refractivity contribution in [3.8, 4) is 0 Å². The number of carbonyl (C=O) groups is 1. The molecule has 2 heterocycles. The topological polar surface area (TPSA) is 67.2 Å². The highest BCUT2D eigenvalue weighted by Crippen LogP contribution is 2.23. The maximum atomic E-state index is 11.2. The van der Waals surface area contributed by atoms with Crippen molar-refractivity contribution in [2.24, 2.45) is 7.05 Å². The Morgan fingerprint density at radius 3 is 2.89 bits per heavy atom. The molecular weight excluding hydrogens is 330 g/mol. The zero-order valence-electron chi connectivity index (χ0n) is 10.6. The van der Waals surface area contributed by atoms with E-state index in [9.17, 15) is 9.90 Å². The number of carboxylic acids is 1. The molecule has 0 unspecified atom stereocenters. The van der Waals surface area contributed by atoms with Crippen LogP contribution in [0.4, 0.5) is 5.82 Å². The molecule has 19 heavy (non-hydrogen) atoms. The number of hydrogen-bond donors (Lipinski definition) is 2. The van der Waals surface area contributed by atoms with E-state index in [4.69, 9.17) is 0 Å². The highest BCUT2D eigenvalue weighted by atomic mass is 79.9. The minimum Gasteiger partial charge on any atom is -0.477 e. The third kappa shape index (κ3) is 3.16. The Balaban J connectivity index is 2.05. The van der Waals surface area contributed by atoms with Crippen LogP contribution in [0.2, 0.25) is 0 Å². The van der Waals surface area contributed by atoms with Gasteiger partial charge in [0.25, 0.3) is 0 Å². The molecule has 102 valence electrons. The molecule has 5 nitrogen and oxygen atoms in total. The Kier molecular flexibility index (Phi) is 4.26. The van der Waals surface area contributed by atoms with Crippen molar-refractivity contribution in [1.29, 1.82) is 0 Å². The fraction of sp³-hybridized carbons (Fsp3) is 0.333. The first-order valence-corrected chi connectivity index (χ1v) is 7.35. The average molecular weight is 344 g/mol. The lowest BCUT2D eigenvalue weighted by molar-refractivity contribution is 0.0697. The number of carboxylic acid groups (broad SMARTS) is 1. The van der Waals surface area contributed by atoms with E-state index in [1.54, 1.807) is 30.0 Å². The van der Waals surface area contributed by atoms with Crippen molar-refractivity contribution in [3.05, 3.63) is 32.1 Å². The molecular formula is C12H14BrN3O2S. The maximum Gasteiger partial charge on any atom is 0.341 e. The van der Waals surface area contributed by atoms with Crippen molar-refractivity contribution < 1.29 is 9.90 Å². The lowest BCUT2D eigenvalue weighted by Crippen LogP contribution is -2.11. The quantitative estimate of drug-likeness (QED) is 0.875. The number of rotatable bonds is 5. The number of halogens is 1. The Hall–Kier alpha value is -1.34. The lowest BCUT2D eigenvalue weighted by Gasteiger charge is -2.07. The van der Waals surface area contributed by atoms with E-state index in [2.05, 4.69) is 32.4 Å². The number of aromatic nitrogens is 2. The Morgan fingerprint density at radius 2 is 2.32 bits per heavy atom. The molecule has 0 bridgehead atoms. The molecule has 0 spiro atoms. The van der Waals surface area contributed by atoms with Crippen molar-refractivity contribution in [2.75, 3.05) is 11.9 Å². The summed E-state index contributed by atoms with van der Waals surface area (Å²) in [7, 11) is 1.74. The SMILES string of the molecule is Cc1nn(C)c(NCCc2ccc(Br)s2)c1C(=O)O. The summed E-state index contributed by atoms with van der Waals surface area (Å²) in [5, 5.41) is 16.5. The second kappa shape index (κ2) is 5.75. The number of nitrogens with one attached hydrogen (secondary N) is 1. The van der Waals surface area contributed by atoms with Gasteiger partial charge in [-0.1, -0.05) is 0 Å². The summed E-state index contributed by atoms with van der Waals surface area (Å²) in [4.78, 5) is 12.4. The van der Waals surface area contributed by atoms with E-state index >= 15 is 0 Å². The van der Waals surface area contributed by atoms with Crippen LogP contribution in [0.25, 0.3) is 0 Å². The molecule has 0 aliphatic carbocycles. The van der Waals surface area contributed by atoms with Gasteiger partial charge < -0.3 is 10.4 Å². The Bertz CT molecular complexity index is 606. The van der Waals surface area contributed by atoms with Gasteiger partial charge in [0.05, 0.1) is 9.48 Å². The van der Waals surface area contributed by atoms with Gasteiger partial charge in [0, 0.05) is 18.5 Å². The minimum atomic E-state index is -0.952.